The van der Waals surface area contributed by atoms with Crippen LogP contribution in [0, 0.1) is 0 Å². The maximum absolute atomic E-state index is 12.9. The Hall–Kier alpha value is -3.32. The summed E-state index contributed by atoms with van der Waals surface area (Å²) >= 11 is 0. The van der Waals surface area contributed by atoms with Crippen molar-refractivity contribution in [2.24, 2.45) is 0 Å². The van der Waals surface area contributed by atoms with Gasteiger partial charge in [-0.2, -0.15) is 0 Å². The Kier molecular flexibility index (Phi) is 8.49. The van der Waals surface area contributed by atoms with Gasteiger partial charge in [0.1, 0.15) is 5.75 Å². The second-order valence-corrected chi connectivity index (χ2v) is 9.66. The largest absolute Gasteiger partial charge is 0.493 e. The van der Waals surface area contributed by atoms with E-state index in [9.17, 15) is 13.2 Å². The number of benzene rings is 3. The standard InChI is InChI=1S/C26H30N2O4S/c1-3-4-5-11-20-32-25-15-10-9-14-24(25)26(29)27-21-16-18-23(19-17-21)33(30,31)28(2)22-12-7-6-8-13-22/h6-10,12-19H,3-5,11,20H2,1-2H3,(H,27,29). The summed E-state index contributed by atoms with van der Waals surface area (Å²) in [5.74, 6) is 0.228. The second-order valence-electron chi connectivity index (χ2n) is 7.69. The molecule has 3 aromatic rings. The van der Waals surface area contributed by atoms with Gasteiger partial charge in [0.2, 0.25) is 0 Å². The predicted molar refractivity (Wildman–Crippen MR) is 133 cm³/mol. The van der Waals surface area contributed by atoms with Gasteiger partial charge in [-0.15, -0.1) is 0 Å². The third-order valence-electron chi connectivity index (χ3n) is 5.28. The monoisotopic (exact) mass is 466 g/mol. The number of unbranched alkanes of at least 4 members (excludes halogenated alkanes) is 3. The molecule has 0 radical (unpaired) electrons. The van der Waals surface area contributed by atoms with Crippen LogP contribution in [0.4, 0.5) is 11.4 Å². The van der Waals surface area contributed by atoms with Crippen molar-refractivity contribution in [3.63, 3.8) is 0 Å². The second kappa shape index (κ2) is 11.5. The number of ether oxygens (including phenoxy) is 1. The lowest BCUT2D eigenvalue weighted by atomic mass is 10.1. The Labute approximate surface area is 196 Å². The lowest BCUT2D eigenvalue weighted by Crippen LogP contribution is -2.26. The van der Waals surface area contributed by atoms with E-state index in [0.717, 1.165) is 19.3 Å². The van der Waals surface area contributed by atoms with Crippen molar-refractivity contribution in [2.45, 2.75) is 37.5 Å². The number of nitrogens with one attached hydrogen (secondary N) is 1. The zero-order chi connectivity index (χ0) is 23.7. The topological polar surface area (TPSA) is 75.7 Å². The Morgan fingerprint density at radius 3 is 2.24 bits per heavy atom. The number of rotatable bonds is 11. The molecule has 174 valence electrons. The summed E-state index contributed by atoms with van der Waals surface area (Å²) in [6, 6.07) is 22.1. The summed E-state index contributed by atoms with van der Waals surface area (Å²) in [5.41, 5.74) is 1.51. The van der Waals surface area contributed by atoms with E-state index in [1.54, 1.807) is 54.6 Å². The van der Waals surface area contributed by atoms with Crippen molar-refractivity contribution >= 4 is 27.3 Å². The molecule has 33 heavy (non-hydrogen) atoms. The van der Waals surface area contributed by atoms with Crippen LogP contribution in [0.1, 0.15) is 43.0 Å². The number of hydrogen-bond donors (Lipinski definition) is 1. The Bertz CT molecular complexity index is 1150. The number of amides is 1. The van der Waals surface area contributed by atoms with Gasteiger partial charge in [-0.25, -0.2) is 8.42 Å². The van der Waals surface area contributed by atoms with Crippen molar-refractivity contribution in [3.8, 4) is 5.75 Å². The smallest absolute Gasteiger partial charge is 0.264 e. The molecule has 0 aliphatic carbocycles. The van der Waals surface area contributed by atoms with Gasteiger partial charge in [0.05, 0.1) is 22.8 Å². The Morgan fingerprint density at radius 2 is 1.55 bits per heavy atom. The predicted octanol–water partition coefficient (Wildman–Crippen LogP) is 5.72. The molecule has 0 aromatic heterocycles. The lowest BCUT2D eigenvalue weighted by Gasteiger charge is -2.19. The minimum atomic E-state index is -3.71. The van der Waals surface area contributed by atoms with E-state index in [1.165, 1.54) is 29.9 Å². The molecule has 0 aliphatic rings. The van der Waals surface area contributed by atoms with Gasteiger partial charge < -0.3 is 10.1 Å². The highest BCUT2D eigenvalue weighted by atomic mass is 32.2. The Balaban J connectivity index is 1.67. The van der Waals surface area contributed by atoms with Crippen LogP contribution in [0.2, 0.25) is 0 Å². The van der Waals surface area contributed by atoms with E-state index in [2.05, 4.69) is 12.2 Å². The highest BCUT2D eigenvalue weighted by Gasteiger charge is 2.21. The highest BCUT2D eigenvalue weighted by molar-refractivity contribution is 7.92. The molecule has 0 atom stereocenters. The van der Waals surface area contributed by atoms with E-state index in [1.807, 2.05) is 12.1 Å². The number of carbonyl (C=O) groups excluding carboxylic acids is 1. The van der Waals surface area contributed by atoms with Crippen LogP contribution >= 0.6 is 0 Å². The number of carbonyl (C=O) groups is 1. The van der Waals surface area contributed by atoms with Crippen molar-refractivity contribution in [1.29, 1.82) is 0 Å². The van der Waals surface area contributed by atoms with Gasteiger partial charge in [-0.05, 0) is 55.0 Å². The maximum Gasteiger partial charge on any atom is 0.264 e. The molecule has 0 aliphatic heterocycles. The Morgan fingerprint density at radius 1 is 0.879 bits per heavy atom. The summed E-state index contributed by atoms with van der Waals surface area (Å²) < 4.78 is 32.9. The first-order chi connectivity index (χ1) is 15.9. The number of sulfonamides is 1. The summed E-state index contributed by atoms with van der Waals surface area (Å²) in [6.45, 7) is 2.72. The van der Waals surface area contributed by atoms with Gasteiger partial charge >= 0.3 is 0 Å². The van der Waals surface area contributed by atoms with Crippen molar-refractivity contribution < 1.29 is 17.9 Å². The number of nitrogens with zero attached hydrogens (tertiary/aromatic N) is 1. The van der Waals surface area contributed by atoms with E-state index in [4.69, 9.17) is 4.74 Å². The van der Waals surface area contributed by atoms with Crippen LogP contribution in [0.25, 0.3) is 0 Å². The van der Waals surface area contributed by atoms with Crippen LogP contribution in [0.3, 0.4) is 0 Å². The molecule has 0 fully saturated rings. The van der Waals surface area contributed by atoms with Crippen LogP contribution in [0.15, 0.2) is 83.8 Å². The lowest BCUT2D eigenvalue weighted by molar-refractivity contribution is 0.102. The van der Waals surface area contributed by atoms with Crippen LogP contribution in [-0.4, -0.2) is 28.0 Å². The molecular weight excluding hydrogens is 436 g/mol. The summed E-state index contributed by atoms with van der Waals surface area (Å²) in [6.07, 6.45) is 4.36. The van der Waals surface area contributed by atoms with Crippen molar-refractivity contribution in [3.05, 3.63) is 84.4 Å². The van der Waals surface area contributed by atoms with Gasteiger partial charge in [-0.3, -0.25) is 9.10 Å². The summed E-state index contributed by atoms with van der Waals surface area (Å²) in [7, 11) is -2.20. The van der Waals surface area contributed by atoms with Gasteiger partial charge in [0, 0.05) is 12.7 Å². The number of hydrogen-bond acceptors (Lipinski definition) is 4. The molecule has 0 saturated heterocycles. The van der Waals surface area contributed by atoms with E-state index in [0.29, 0.717) is 29.3 Å². The summed E-state index contributed by atoms with van der Waals surface area (Å²) in [4.78, 5) is 13.0. The maximum atomic E-state index is 12.9. The van der Waals surface area contributed by atoms with E-state index >= 15 is 0 Å². The fourth-order valence-electron chi connectivity index (χ4n) is 3.33. The molecule has 1 N–H and O–H groups in total. The van der Waals surface area contributed by atoms with Gasteiger partial charge in [0.25, 0.3) is 15.9 Å². The average molecular weight is 467 g/mol. The zero-order valence-electron chi connectivity index (χ0n) is 19.0. The third-order valence-corrected chi connectivity index (χ3v) is 7.08. The minimum absolute atomic E-state index is 0.141. The van der Waals surface area contributed by atoms with Crippen molar-refractivity contribution in [2.75, 3.05) is 23.3 Å². The van der Waals surface area contributed by atoms with Crippen LogP contribution in [0.5, 0.6) is 5.75 Å². The number of para-hydroxylation sites is 2. The van der Waals surface area contributed by atoms with Gasteiger partial charge in [0.15, 0.2) is 0 Å². The first-order valence-electron chi connectivity index (χ1n) is 11.1. The molecule has 0 heterocycles. The minimum Gasteiger partial charge on any atom is -0.493 e. The summed E-state index contributed by atoms with van der Waals surface area (Å²) in [5, 5.41) is 2.82. The molecule has 3 aromatic carbocycles. The van der Waals surface area contributed by atoms with Crippen molar-refractivity contribution in [1.82, 2.24) is 0 Å². The van der Waals surface area contributed by atoms with Gasteiger partial charge in [-0.1, -0.05) is 56.5 Å². The SMILES string of the molecule is CCCCCCOc1ccccc1C(=O)Nc1ccc(S(=O)(=O)N(C)c2ccccc2)cc1. The molecule has 0 saturated carbocycles. The van der Waals surface area contributed by atoms with Crippen LogP contribution in [-0.2, 0) is 10.0 Å². The normalized spacial score (nSPS) is 11.1. The quantitative estimate of drug-likeness (QED) is 0.367. The highest BCUT2D eigenvalue weighted by Crippen LogP contribution is 2.24. The molecule has 0 spiro atoms. The molecule has 0 bridgehead atoms. The fraction of sp³-hybridized carbons (Fsp3) is 0.269. The molecule has 3 rings (SSSR count). The van der Waals surface area contributed by atoms with E-state index in [-0.39, 0.29) is 10.8 Å². The zero-order valence-corrected chi connectivity index (χ0v) is 19.8. The molecule has 0 unspecified atom stereocenters. The molecule has 7 heteroatoms. The first-order valence-corrected chi connectivity index (χ1v) is 12.5. The molecular formula is C26H30N2O4S. The first kappa shape index (κ1) is 24.3. The van der Waals surface area contributed by atoms with E-state index < -0.39 is 10.0 Å². The number of anilines is 2. The average Bonchev–Trinajstić information content (AvgIpc) is 2.84. The molecule has 1 amide bonds. The molecule has 6 nitrogen and oxygen atoms in total. The van der Waals surface area contributed by atoms with Crippen LogP contribution < -0.4 is 14.4 Å². The fourth-order valence-corrected chi connectivity index (χ4v) is 4.53. The third kappa shape index (κ3) is 6.35.